The molecular formula is C23H19Br2N3O3S. The van der Waals surface area contributed by atoms with Crippen LogP contribution in [0.2, 0.25) is 0 Å². The van der Waals surface area contributed by atoms with Crippen LogP contribution >= 0.6 is 44.1 Å². The maximum atomic E-state index is 12.1. The summed E-state index contributed by atoms with van der Waals surface area (Å²) >= 11 is 11.8. The molecule has 0 bridgehead atoms. The molecular weight excluding hydrogens is 558 g/mol. The molecule has 0 spiro atoms. The van der Waals surface area contributed by atoms with Gasteiger partial charge in [0.25, 0.3) is 5.91 Å². The molecule has 3 aromatic rings. The van der Waals surface area contributed by atoms with Gasteiger partial charge in [-0.2, -0.15) is 0 Å². The van der Waals surface area contributed by atoms with E-state index in [1.165, 1.54) is 6.08 Å². The summed E-state index contributed by atoms with van der Waals surface area (Å²) in [4.78, 5) is 24.2. The predicted octanol–water partition coefficient (Wildman–Crippen LogP) is 4.79. The zero-order valence-corrected chi connectivity index (χ0v) is 20.9. The summed E-state index contributed by atoms with van der Waals surface area (Å²) in [6.45, 7) is 1.64. The number of benzene rings is 3. The molecule has 164 valence electrons. The molecule has 3 N–H and O–H groups in total. The van der Waals surface area contributed by atoms with E-state index in [1.54, 1.807) is 6.08 Å². The van der Waals surface area contributed by atoms with E-state index < -0.39 is 11.8 Å². The minimum absolute atomic E-state index is 0.0353. The first kappa shape index (κ1) is 23.9. The van der Waals surface area contributed by atoms with Gasteiger partial charge in [0, 0.05) is 10.5 Å². The van der Waals surface area contributed by atoms with Crippen LogP contribution < -0.4 is 20.9 Å². The van der Waals surface area contributed by atoms with E-state index in [4.69, 9.17) is 17.0 Å². The SMILES string of the molecule is Cc1cc(Br)cc(Br)c1OCC(=O)NNC(=S)NC(=O)C=Cc1cccc2ccccc12. The third-order valence-corrected chi connectivity index (χ3v) is 5.58. The second kappa shape index (κ2) is 11.2. The largest absolute Gasteiger partial charge is 0.482 e. The lowest BCUT2D eigenvalue weighted by atomic mass is 10.0. The van der Waals surface area contributed by atoms with Gasteiger partial charge >= 0.3 is 0 Å². The van der Waals surface area contributed by atoms with Gasteiger partial charge in [-0.1, -0.05) is 58.4 Å². The Bertz CT molecular complexity index is 1190. The van der Waals surface area contributed by atoms with Crippen LogP contribution in [0.5, 0.6) is 5.75 Å². The molecule has 0 aliphatic heterocycles. The van der Waals surface area contributed by atoms with Crippen LogP contribution in [0.15, 0.2) is 69.6 Å². The highest BCUT2D eigenvalue weighted by molar-refractivity contribution is 9.11. The molecule has 2 amide bonds. The lowest BCUT2D eigenvalue weighted by molar-refractivity contribution is -0.123. The van der Waals surface area contributed by atoms with Crippen molar-refractivity contribution in [3.8, 4) is 5.75 Å². The predicted molar refractivity (Wildman–Crippen MR) is 137 cm³/mol. The monoisotopic (exact) mass is 575 g/mol. The molecule has 3 aromatic carbocycles. The summed E-state index contributed by atoms with van der Waals surface area (Å²) in [5, 5.41) is 4.57. The molecule has 0 saturated carbocycles. The van der Waals surface area contributed by atoms with Crippen molar-refractivity contribution >= 4 is 77.9 Å². The molecule has 0 unspecified atom stereocenters. The molecule has 3 rings (SSSR count). The van der Waals surface area contributed by atoms with Crippen molar-refractivity contribution in [2.24, 2.45) is 0 Å². The number of hydrogen-bond donors (Lipinski definition) is 3. The van der Waals surface area contributed by atoms with Crippen LogP contribution in [0.4, 0.5) is 0 Å². The Balaban J connectivity index is 1.46. The van der Waals surface area contributed by atoms with E-state index in [9.17, 15) is 9.59 Å². The van der Waals surface area contributed by atoms with Crippen LogP contribution in [-0.4, -0.2) is 23.5 Å². The molecule has 0 heterocycles. The van der Waals surface area contributed by atoms with Gasteiger partial charge in [-0.15, -0.1) is 0 Å². The molecule has 0 atom stereocenters. The summed E-state index contributed by atoms with van der Waals surface area (Å²) < 4.78 is 7.19. The van der Waals surface area contributed by atoms with Gasteiger partial charge in [-0.25, -0.2) is 0 Å². The Morgan fingerprint density at radius 2 is 1.81 bits per heavy atom. The molecule has 0 fully saturated rings. The van der Waals surface area contributed by atoms with Crippen molar-refractivity contribution < 1.29 is 14.3 Å². The third-order valence-electron chi connectivity index (χ3n) is 4.33. The Morgan fingerprint density at radius 3 is 2.59 bits per heavy atom. The molecule has 0 aromatic heterocycles. The number of amides is 2. The molecule has 0 aliphatic carbocycles. The fourth-order valence-corrected chi connectivity index (χ4v) is 4.62. The number of carbonyl (C=O) groups is 2. The first-order chi connectivity index (χ1) is 15.3. The Kier molecular flexibility index (Phi) is 8.38. The van der Waals surface area contributed by atoms with Gasteiger partial charge in [0.05, 0.1) is 4.47 Å². The van der Waals surface area contributed by atoms with Gasteiger partial charge < -0.3 is 4.74 Å². The molecule has 32 heavy (non-hydrogen) atoms. The standard InChI is InChI=1S/C23H19Br2N3O3S/c1-14-11-17(24)12-19(25)22(14)31-13-21(30)27-28-23(32)26-20(29)10-9-16-7-4-6-15-5-2-3-8-18(15)16/h2-12H,13H2,1H3,(H,27,30)(H2,26,28,29,32). The Morgan fingerprint density at radius 1 is 1.06 bits per heavy atom. The highest BCUT2D eigenvalue weighted by Gasteiger charge is 2.10. The topological polar surface area (TPSA) is 79.5 Å². The van der Waals surface area contributed by atoms with E-state index in [0.717, 1.165) is 30.8 Å². The number of nitrogens with one attached hydrogen (secondary N) is 3. The van der Waals surface area contributed by atoms with Gasteiger partial charge in [0.15, 0.2) is 11.7 Å². The summed E-state index contributed by atoms with van der Waals surface area (Å²) in [6.07, 6.45) is 3.10. The van der Waals surface area contributed by atoms with E-state index in [-0.39, 0.29) is 11.7 Å². The second-order valence-corrected chi connectivity index (χ2v) is 8.89. The maximum absolute atomic E-state index is 12.1. The van der Waals surface area contributed by atoms with E-state index in [2.05, 4.69) is 48.0 Å². The second-order valence-electron chi connectivity index (χ2n) is 6.72. The van der Waals surface area contributed by atoms with E-state index in [1.807, 2.05) is 61.5 Å². The number of ether oxygens (including phenoxy) is 1. The average Bonchev–Trinajstić information content (AvgIpc) is 2.75. The fraction of sp³-hybridized carbons (Fsp3) is 0.0870. The zero-order valence-electron chi connectivity index (χ0n) is 16.9. The molecule has 0 aliphatic rings. The van der Waals surface area contributed by atoms with Gasteiger partial charge in [-0.3, -0.25) is 25.8 Å². The van der Waals surface area contributed by atoms with Crippen molar-refractivity contribution in [3.63, 3.8) is 0 Å². The number of aryl methyl sites for hydroxylation is 1. The zero-order chi connectivity index (χ0) is 23.1. The lowest BCUT2D eigenvalue weighted by Gasteiger charge is -2.13. The molecule has 9 heteroatoms. The first-order valence-electron chi connectivity index (χ1n) is 9.47. The number of halogens is 2. The average molecular weight is 577 g/mol. The van der Waals surface area contributed by atoms with Gasteiger partial charge in [0.2, 0.25) is 5.91 Å². The quantitative estimate of drug-likeness (QED) is 0.231. The highest BCUT2D eigenvalue weighted by Crippen LogP contribution is 2.32. The van der Waals surface area contributed by atoms with Crippen molar-refractivity contribution in [2.45, 2.75) is 6.92 Å². The Labute approximate surface area is 207 Å². The number of hydrazine groups is 1. The molecule has 6 nitrogen and oxygen atoms in total. The van der Waals surface area contributed by atoms with Crippen LogP contribution in [0.3, 0.4) is 0 Å². The van der Waals surface area contributed by atoms with E-state index >= 15 is 0 Å². The number of carbonyl (C=O) groups excluding carboxylic acids is 2. The number of thiocarbonyl (C=S) groups is 1. The van der Waals surface area contributed by atoms with Crippen molar-refractivity contribution in [1.82, 2.24) is 16.2 Å². The summed E-state index contributed by atoms with van der Waals surface area (Å²) in [7, 11) is 0. The fourth-order valence-electron chi connectivity index (χ4n) is 2.92. The van der Waals surface area contributed by atoms with E-state index in [0.29, 0.717) is 5.75 Å². The Hall–Kier alpha value is -2.75. The summed E-state index contributed by atoms with van der Waals surface area (Å²) in [5.41, 5.74) is 6.65. The van der Waals surface area contributed by atoms with Crippen molar-refractivity contribution in [3.05, 3.63) is 80.7 Å². The van der Waals surface area contributed by atoms with Crippen molar-refractivity contribution in [2.75, 3.05) is 6.61 Å². The first-order valence-corrected chi connectivity index (χ1v) is 11.5. The van der Waals surface area contributed by atoms with Crippen LogP contribution in [0, 0.1) is 6.92 Å². The maximum Gasteiger partial charge on any atom is 0.276 e. The smallest absolute Gasteiger partial charge is 0.276 e. The summed E-state index contributed by atoms with van der Waals surface area (Å²) in [6, 6.07) is 17.5. The molecule has 0 radical (unpaired) electrons. The highest BCUT2D eigenvalue weighted by atomic mass is 79.9. The number of hydrogen-bond acceptors (Lipinski definition) is 4. The van der Waals surface area contributed by atoms with Gasteiger partial charge in [0.1, 0.15) is 5.75 Å². The van der Waals surface area contributed by atoms with Gasteiger partial charge in [-0.05, 0) is 75.2 Å². The van der Waals surface area contributed by atoms with Crippen molar-refractivity contribution in [1.29, 1.82) is 0 Å². The lowest BCUT2D eigenvalue weighted by Crippen LogP contribution is -2.49. The van der Waals surface area contributed by atoms with Crippen LogP contribution in [0.1, 0.15) is 11.1 Å². The minimum Gasteiger partial charge on any atom is -0.482 e. The summed E-state index contributed by atoms with van der Waals surface area (Å²) in [5.74, 6) is -0.310. The van der Waals surface area contributed by atoms with Crippen LogP contribution in [-0.2, 0) is 9.59 Å². The number of rotatable bonds is 5. The minimum atomic E-state index is -0.456. The molecule has 0 saturated heterocycles. The number of fused-ring (bicyclic) bond motifs is 1. The normalized spacial score (nSPS) is 10.7. The van der Waals surface area contributed by atoms with Crippen LogP contribution in [0.25, 0.3) is 16.8 Å². The third kappa shape index (κ3) is 6.62.